The number of carbonyl (C=O) groups excluding carboxylic acids is 1. The maximum Gasteiger partial charge on any atom is 0.416 e. The van der Waals surface area contributed by atoms with Gasteiger partial charge in [-0.15, -0.1) is 10.2 Å². The molecule has 39 heavy (non-hydrogen) atoms. The second-order valence-electron chi connectivity index (χ2n) is 11.5. The van der Waals surface area contributed by atoms with Crippen molar-refractivity contribution in [1.29, 1.82) is 0 Å². The van der Waals surface area contributed by atoms with E-state index in [0.29, 0.717) is 23.0 Å². The number of anilines is 1. The fourth-order valence-corrected chi connectivity index (χ4v) is 7.25. The Kier molecular flexibility index (Phi) is 6.34. The van der Waals surface area contributed by atoms with Crippen LogP contribution in [0, 0.1) is 0 Å². The maximum atomic E-state index is 14.2. The molecule has 2 heterocycles. The fraction of sp³-hybridized carbons (Fsp3) is 0.483. The summed E-state index contributed by atoms with van der Waals surface area (Å²) in [4.78, 5) is 15.1. The molecule has 206 valence electrons. The van der Waals surface area contributed by atoms with E-state index in [9.17, 15) is 18.0 Å². The number of benzene rings is 2. The number of hydrogen-bond donors (Lipinski definition) is 1. The van der Waals surface area contributed by atoms with Gasteiger partial charge < -0.3 is 14.8 Å². The Hall–Kier alpha value is -2.85. The Morgan fingerprint density at radius 3 is 2.56 bits per heavy atom. The number of amides is 1. The molecule has 0 atom stereocenters. The second-order valence-corrected chi connectivity index (χ2v) is 12.6. The summed E-state index contributed by atoms with van der Waals surface area (Å²) in [5, 5.41) is 12.4. The SMILES string of the molecule is CSC1CC(c2cccc(N3Cc4c(cc(CNC5(C)CCC5)cc4C(F)(F)F)C3=O)c2)(c2nncn2C)C1. The lowest BCUT2D eigenvalue weighted by molar-refractivity contribution is -0.138. The molecule has 1 aliphatic heterocycles. The monoisotopic (exact) mass is 555 g/mol. The van der Waals surface area contributed by atoms with Crippen molar-refractivity contribution in [2.45, 2.75) is 74.5 Å². The standard InChI is InChI=1S/C29H32F3N5OS/c1-27(8-5-9-27)33-15-18-10-22-23(24(11-18)29(30,31)32)16-37(25(22)38)20-7-4-6-19(12-20)28(13-21(14-28)39-3)26-35-34-17-36(26)2/h4,6-7,10-12,17,21,33H,5,8-9,13-16H2,1-3H3. The molecular weight excluding hydrogens is 523 g/mol. The van der Waals surface area contributed by atoms with E-state index < -0.39 is 17.6 Å². The molecule has 1 N–H and O–H groups in total. The molecule has 0 spiro atoms. The van der Waals surface area contributed by atoms with E-state index in [1.165, 1.54) is 11.0 Å². The Balaban J connectivity index is 1.34. The lowest BCUT2D eigenvalue weighted by atomic mass is 9.63. The van der Waals surface area contributed by atoms with E-state index in [1.807, 2.05) is 41.6 Å². The van der Waals surface area contributed by atoms with Crippen molar-refractivity contribution in [1.82, 2.24) is 20.1 Å². The number of alkyl halides is 3. The number of rotatable bonds is 7. The molecule has 2 fully saturated rings. The van der Waals surface area contributed by atoms with E-state index in [1.54, 1.807) is 18.5 Å². The van der Waals surface area contributed by atoms with Crippen molar-refractivity contribution in [3.05, 3.63) is 76.4 Å². The minimum atomic E-state index is -4.55. The topological polar surface area (TPSA) is 63.1 Å². The number of halogens is 3. The molecule has 0 bridgehead atoms. The van der Waals surface area contributed by atoms with Gasteiger partial charge in [0.1, 0.15) is 12.2 Å². The molecule has 1 amide bonds. The molecule has 0 saturated heterocycles. The van der Waals surface area contributed by atoms with Gasteiger partial charge in [-0.1, -0.05) is 12.1 Å². The van der Waals surface area contributed by atoms with Gasteiger partial charge in [-0.05, 0) is 86.2 Å². The minimum Gasteiger partial charge on any atom is -0.320 e. The largest absolute Gasteiger partial charge is 0.416 e. The van der Waals surface area contributed by atoms with E-state index in [2.05, 4.69) is 28.7 Å². The summed E-state index contributed by atoms with van der Waals surface area (Å²) >= 11 is 1.82. The summed E-state index contributed by atoms with van der Waals surface area (Å²) in [6.07, 6.45) is 4.11. The average molecular weight is 556 g/mol. The van der Waals surface area contributed by atoms with Crippen LogP contribution in [0.3, 0.4) is 0 Å². The smallest absolute Gasteiger partial charge is 0.320 e. The van der Waals surface area contributed by atoms with E-state index in [4.69, 9.17) is 0 Å². The number of nitrogens with one attached hydrogen (secondary N) is 1. The molecule has 0 unspecified atom stereocenters. The van der Waals surface area contributed by atoms with Gasteiger partial charge in [0.15, 0.2) is 0 Å². The van der Waals surface area contributed by atoms with Crippen LogP contribution >= 0.6 is 11.8 Å². The Bertz CT molecular complexity index is 1420. The third-order valence-corrected chi connectivity index (χ3v) is 9.92. The van der Waals surface area contributed by atoms with Crippen LogP contribution in [0.4, 0.5) is 18.9 Å². The van der Waals surface area contributed by atoms with Crippen LogP contribution < -0.4 is 10.2 Å². The van der Waals surface area contributed by atoms with Gasteiger partial charge in [0.05, 0.1) is 17.5 Å². The van der Waals surface area contributed by atoms with E-state index >= 15 is 0 Å². The third-order valence-electron chi connectivity index (χ3n) is 8.92. The molecule has 2 saturated carbocycles. The number of thioether (sulfide) groups is 1. The van der Waals surface area contributed by atoms with Crippen molar-refractivity contribution < 1.29 is 18.0 Å². The highest BCUT2D eigenvalue weighted by atomic mass is 32.2. The zero-order valence-corrected chi connectivity index (χ0v) is 23.1. The highest BCUT2D eigenvalue weighted by Gasteiger charge is 2.50. The van der Waals surface area contributed by atoms with Gasteiger partial charge in [-0.25, -0.2) is 0 Å². The highest BCUT2D eigenvalue weighted by molar-refractivity contribution is 7.99. The maximum absolute atomic E-state index is 14.2. The van der Waals surface area contributed by atoms with Crippen LogP contribution in [-0.2, 0) is 31.7 Å². The van der Waals surface area contributed by atoms with Crippen molar-refractivity contribution in [3.8, 4) is 0 Å². The molecule has 10 heteroatoms. The van der Waals surface area contributed by atoms with Gasteiger partial charge in [-0.3, -0.25) is 4.79 Å². The van der Waals surface area contributed by atoms with E-state index in [0.717, 1.165) is 43.5 Å². The van der Waals surface area contributed by atoms with Crippen LogP contribution in [0.25, 0.3) is 0 Å². The quantitative estimate of drug-likeness (QED) is 0.397. The van der Waals surface area contributed by atoms with Crippen molar-refractivity contribution >= 4 is 23.4 Å². The normalized spacial score (nSPS) is 23.9. The third kappa shape index (κ3) is 4.45. The number of nitrogens with zero attached hydrogens (tertiary/aromatic N) is 4. The van der Waals surface area contributed by atoms with Gasteiger partial charge in [-0.2, -0.15) is 24.9 Å². The Morgan fingerprint density at radius 2 is 1.95 bits per heavy atom. The molecular formula is C29H32F3N5OS. The zero-order valence-electron chi connectivity index (χ0n) is 22.3. The molecule has 0 radical (unpaired) electrons. The van der Waals surface area contributed by atoms with Crippen LogP contribution in [-0.4, -0.2) is 37.7 Å². The summed E-state index contributed by atoms with van der Waals surface area (Å²) in [6.45, 7) is 2.28. The Morgan fingerprint density at radius 1 is 1.18 bits per heavy atom. The minimum absolute atomic E-state index is 0.0469. The van der Waals surface area contributed by atoms with Crippen molar-refractivity contribution in [3.63, 3.8) is 0 Å². The van der Waals surface area contributed by atoms with Gasteiger partial charge >= 0.3 is 6.18 Å². The predicted octanol–water partition coefficient (Wildman–Crippen LogP) is 5.84. The Labute approximate surface area is 230 Å². The summed E-state index contributed by atoms with van der Waals surface area (Å²) in [7, 11) is 1.92. The van der Waals surface area contributed by atoms with Crippen LogP contribution in [0.15, 0.2) is 42.7 Å². The van der Waals surface area contributed by atoms with Gasteiger partial charge in [0, 0.05) is 35.6 Å². The number of aromatic nitrogens is 3. The molecule has 3 aliphatic rings. The second kappa shape index (κ2) is 9.37. The fourth-order valence-electron chi connectivity index (χ4n) is 6.35. The average Bonchev–Trinajstić information content (AvgIpc) is 3.44. The molecule has 2 aliphatic carbocycles. The number of hydrogen-bond acceptors (Lipinski definition) is 5. The summed E-state index contributed by atoms with van der Waals surface area (Å²) in [6, 6.07) is 10.5. The van der Waals surface area contributed by atoms with Crippen molar-refractivity contribution in [2.75, 3.05) is 11.2 Å². The molecule has 6 nitrogen and oxygen atoms in total. The molecule has 2 aromatic carbocycles. The summed E-state index contributed by atoms with van der Waals surface area (Å²) in [5.41, 5.74) is 1.14. The number of carbonyl (C=O) groups is 1. The lowest BCUT2D eigenvalue weighted by Gasteiger charge is -2.46. The molecule has 1 aromatic heterocycles. The number of fused-ring (bicyclic) bond motifs is 1. The summed E-state index contributed by atoms with van der Waals surface area (Å²) < 4.78 is 44.5. The first kappa shape index (κ1) is 26.4. The number of aryl methyl sites for hydroxylation is 1. The van der Waals surface area contributed by atoms with Crippen molar-refractivity contribution in [2.24, 2.45) is 7.05 Å². The van der Waals surface area contributed by atoms with Gasteiger partial charge in [0.2, 0.25) is 0 Å². The molecule has 6 rings (SSSR count). The predicted molar refractivity (Wildman–Crippen MR) is 146 cm³/mol. The van der Waals surface area contributed by atoms with Crippen LogP contribution in [0.1, 0.15) is 77.5 Å². The first-order valence-electron chi connectivity index (χ1n) is 13.3. The zero-order chi connectivity index (χ0) is 27.6. The van der Waals surface area contributed by atoms with E-state index in [-0.39, 0.29) is 28.6 Å². The summed E-state index contributed by atoms with van der Waals surface area (Å²) in [5.74, 6) is 0.463. The van der Waals surface area contributed by atoms with Crippen LogP contribution in [0.5, 0.6) is 0 Å². The first-order chi connectivity index (χ1) is 18.5. The highest BCUT2D eigenvalue weighted by Crippen LogP contribution is 2.52. The first-order valence-corrected chi connectivity index (χ1v) is 14.6. The lowest BCUT2D eigenvalue weighted by Crippen LogP contribution is -2.47. The van der Waals surface area contributed by atoms with Crippen LogP contribution in [0.2, 0.25) is 0 Å². The molecule has 3 aromatic rings. The van der Waals surface area contributed by atoms with Gasteiger partial charge in [0.25, 0.3) is 5.91 Å².